The van der Waals surface area contributed by atoms with Crippen molar-refractivity contribution in [2.75, 3.05) is 5.32 Å². The maximum atomic E-state index is 12.6. The van der Waals surface area contributed by atoms with Crippen molar-refractivity contribution >= 4 is 5.69 Å². The fraction of sp³-hybridized carbons (Fsp3) is 0.176. The number of rotatable bonds is 4. The Morgan fingerprint density at radius 3 is 2.21 bits per heavy atom. The Balaban J connectivity index is 1.69. The van der Waals surface area contributed by atoms with Gasteiger partial charge in [0.15, 0.2) is 0 Å². The summed E-state index contributed by atoms with van der Waals surface area (Å²) < 4.78 is 39.4. The predicted molar refractivity (Wildman–Crippen MR) is 84.8 cm³/mol. The van der Waals surface area contributed by atoms with E-state index in [0.717, 1.165) is 23.4 Å². The molecule has 24 heavy (non-hydrogen) atoms. The average Bonchev–Trinajstić information content (AvgIpc) is 3.09. The van der Waals surface area contributed by atoms with Gasteiger partial charge < -0.3 is 5.32 Å². The molecule has 0 spiro atoms. The number of nitrogens with zero attached hydrogens (tertiary/aromatic N) is 3. The number of nitrogens with one attached hydrogen (secondary N) is 1. The van der Waals surface area contributed by atoms with E-state index in [9.17, 15) is 13.2 Å². The van der Waals surface area contributed by atoms with Crippen molar-refractivity contribution < 1.29 is 13.2 Å². The zero-order valence-corrected chi connectivity index (χ0v) is 12.8. The monoisotopic (exact) mass is 332 g/mol. The van der Waals surface area contributed by atoms with Crippen LogP contribution < -0.4 is 5.32 Å². The molecule has 4 nitrogen and oxygen atoms in total. The van der Waals surface area contributed by atoms with E-state index < -0.39 is 11.7 Å². The molecule has 1 atom stereocenters. The number of alkyl halides is 3. The van der Waals surface area contributed by atoms with E-state index in [1.165, 1.54) is 18.5 Å². The van der Waals surface area contributed by atoms with Crippen LogP contribution in [0.5, 0.6) is 0 Å². The van der Waals surface area contributed by atoms with E-state index in [0.29, 0.717) is 5.69 Å². The third kappa shape index (κ3) is 3.56. The summed E-state index contributed by atoms with van der Waals surface area (Å²) in [6, 6.07) is 12.7. The van der Waals surface area contributed by atoms with Gasteiger partial charge in [-0.3, -0.25) is 0 Å². The molecule has 1 aromatic heterocycles. The third-order valence-corrected chi connectivity index (χ3v) is 3.67. The summed E-state index contributed by atoms with van der Waals surface area (Å²) in [4.78, 5) is 3.90. The Labute approximate surface area is 137 Å². The summed E-state index contributed by atoms with van der Waals surface area (Å²) in [5.74, 6) is 0. The molecule has 0 aliphatic carbocycles. The van der Waals surface area contributed by atoms with Gasteiger partial charge in [-0.25, -0.2) is 9.67 Å². The van der Waals surface area contributed by atoms with Gasteiger partial charge in [0.05, 0.1) is 11.3 Å². The number of halogens is 3. The minimum atomic E-state index is -4.32. The van der Waals surface area contributed by atoms with Gasteiger partial charge in [-0.15, -0.1) is 0 Å². The largest absolute Gasteiger partial charge is 0.416 e. The molecule has 2 aromatic carbocycles. The summed E-state index contributed by atoms with van der Waals surface area (Å²) in [5.41, 5.74) is 1.88. The first-order valence-corrected chi connectivity index (χ1v) is 7.32. The molecule has 1 unspecified atom stereocenters. The minimum Gasteiger partial charge on any atom is -0.379 e. The molecule has 0 fully saturated rings. The van der Waals surface area contributed by atoms with Gasteiger partial charge in [-0.2, -0.15) is 18.3 Å². The van der Waals surface area contributed by atoms with Crippen LogP contribution in [0.15, 0.2) is 61.2 Å². The molecule has 0 aliphatic rings. The maximum Gasteiger partial charge on any atom is 0.416 e. The highest BCUT2D eigenvalue weighted by Gasteiger charge is 2.29. The van der Waals surface area contributed by atoms with E-state index >= 15 is 0 Å². The molecule has 0 saturated heterocycles. The quantitative estimate of drug-likeness (QED) is 0.767. The highest BCUT2D eigenvalue weighted by Crippen LogP contribution is 2.30. The van der Waals surface area contributed by atoms with Crippen molar-refractivity contribution in [3.63, 3.8) is 0 Å². The first-order valence-electron chi connectivity index (χ1n) is 7.32. The molecular weight excluding hydrogens is 317 g/mol. The Bertz CT molecular complexity index is 778. The molecule has 124 valence electrons. The topological polar surface area (TPSA) is 42.7 Å². The normalized spacial score (nSPS) is 12.8. The molecule has 1 N–H and O–H groups in total. The van der Waals surface area contributed by atoms with Gasteiger partial charge in [0, 0.05) is 11.7 Å². The minimum absolute atomic E-state index is 0.0495. The van der Waals surface area contributed by atoms with E-state index in [-0.39, 0.29) is 6.04 Å². The van der Waals surface area contributed by atoms with Gasteiger partial charge in [0.25, 0.3) is 0 Å². The van der Waals surface area contributed by atoms with Crippen molar-refractivity contribution in [1.82, 2.24) is 14.8 Å². The van der Waals surface area contributed by atoms with E-state index in [2.05, 4.69) is 15.4 Å². The predicted octanol–water partition coefficient (Wildman–Crippen LogP) is 4.46. The molecule has 3 rings (SSSR count). The second-order valence-electron chi connectivity index (χ2n) is 5.37. The Morgan fingerprint density at radius 1 is 1.00 bits per heavy atom. The number of benzene rings is 2. The van der Waals surface area contributed by atoms with Crippen LogP contribution in [0, 0.1) is 0 Å². The Morgan fingerprint density at radius 2 is 1.67 bits per heavy atom. The summed E-state index contributed by atoms with van der Waals surface area (Å²) in [5, 5.41) is 7.24. The van der Waals surface area contributed by atoms with Gasteiger partial charge in [0.2, 0.25) is 0 Å². The van der Waals surface area contributed by atoms with Crippen LogP contribution in [0.2, 0.25) is 0 Å². The summed E-state index contributed by atoms with van der Waals surface area (Å²) in [6.07, 6.45) is -1.25. The highest BCUT2D eigenvalue weighted by molar-refractivity contribution is 5.47. The fourth-order valence-corrected chi connectivity index (χ4v) is 2.35. The number of hydrogen-bond donors (Lipinski definition) is 1. The third-order valence-electron chi connectivity index (χ3n) is 3.67. The van der Waals surface area contributed by atoms with Crippen molar-refractivity contribution in [3.8, 4) is 5.69 Å². The molecular formula is C17H15F3N4. The average molecular weight is 332 g/mol. The summed E-state index contributed by atoms with van der Waals surface area (Å²) in [6.45, 7) is 1.95. The lowest BCUT2D eigenvalue weighted by Crippen LogP contribution is -2.08. The number of anilines is 1. The van der Waals surface area contributed by atoms with Gasteiger partial charge in [-0.05, 0) is 48.9 Å². The molecule has 3 aromatic rings. The molecule has 1 heterocycles. The SMILES string of the molecule is CC(Nc1ccc(C(F)(F)F)cc1)c1ccc(-n2cncn2)cc1. The van der Waals surface area contributed by atoms with Gasteiger partial charge in [0.1, 0.15) is 12.7 Å². The molecule has 0 amide bonds. The Hall–Kier alpha value is -2.83. The van der Waals surface area contributed by atoms with Crippen LogP contribution in [-0.4, -0.2) is 14.8 Å². The molecule has 7 heteroatoms. The lowest BCUT2D eigenvalue weighted by molar-refractivity contribution is -0.137. The first kappa shape index (κ1) is 16.0. The fourth-order valence-electron chi connectivity index (χ4n) is 2.35. The lowest BCUT2D eigenvalue weighted by Gasteiger charge is -2.17. The van der Waals surface area contributed by atoms with Crippen LogP contribution in [0.4, 0.5) is 18.9 Å². The Kier molecular flexibility index (Phi) is 4.24. The lowest BCUT2D eigenvalue weighted by atomic mass is 10.1. The van der Waals surface area contributed by atoms with Crippen molar-refractivity contribution in [3.05, 3.63) is 72.3 Å². The van der Waals surface area contributed by atoms with Gasteiger partial charge >= 0.3 is 6.18 Å². The van der Waals surface area contributed by atoms with E-state index in [1.54, 1.807) is 11.0 Å². The number of aromatic nitrogens is 3. The highest BCUT2D eigenvalue weighted by atomic mass is 19.4. The van der Waals surface area contributed by atoms with Crippen molar-refractivity contribution in [2.45, 2.75) is 19.1 Å². The zero-order chi connectivity index (χ0) is 17.2. The van der Waals surface area contributed by atoms with Crippen LogP contribution in [0.1, 0.15) is 24.1 Å². The van der Waals surface area contributed by atoms with Crippen LogP contribution >= 0.6 is 0 Å². The standard InChI is InChI=1S/C17H15F3N4/c1-12(23-15-6-4-14(5-7-15)17(18,19)20)13-2-8-16(9-3-13)24-11-21-10-22-24/h2-12,23H,1H3. The second kappa shape index (κ2) is 6.35. The van der Waals surface area contributed by atoms with Gasteiger partial charge in [-0.1, -0.05) is 12.1 Å². The van der Waals surface area contributed by atoms with Crippen LogP contribution in [0.3, 0.4) is 0 Å². The molecule has 0 saturated carbocycles. The summed E-state index contributed by atoms with van der Waals surface area (Å²) in [7, 11) is 0. The molecule has 0 bridgehead atoms. The zero-order valence-electron chi connectivity index (χ0n) is 12.8. The molecule has 0 radical (unpaired) electrons. The van der Waals surface area contributed by atoms with E-state index in [1.807, 2.05) is 31.2 Å². The first-order chi connectivity index (χ1) is 11.4. The van der Waals surface area contributed by atoms with Crippen molar-refractivity contribution in [1.29, 1.82) is 0 Å². The van der Waals surface area contributed by atoms with E-state index in [4.69, 9.17) is 0 Å². The maximum absolute atomic E-state index is 12.6. The van der Waals surface area contributed by atoms with Crippen LogP contribution in [0.25, 0.3) is 5.69 Å². The second-order valence-corrected chi connectivity index (χ2v) is 5.37. The van der Waals surface area contributed by atoms with Crippen molar-refractivity contribution in [2.24, 2.45) is 0 Å². The van der Waals surface area contributed by atoms with Crippen LogP contribution in [-0.2, 0) is 6.18 Å². The number of hydrogen-bond acceptors (Lipinski definition) is 3. The summed E-state index contributed by atoms with van der Waals surface area (Å²) >= 11 is 0. The smallest absolute Gasteiger partial charge is 0.379 e. The molecule has 0 aliphatic heterocycles.